The standard InChI is InChI=1S/C15H23N3/c1-10-8-17-15(7-14(10)16)18(2)9-13-6-11-3-4-12(13)5-11/h7-8,11-13H,3-6,9H2,1-2H3,(H2,16,17). The van der Waals surface area contributed by atoms with E-state index in [4.69, 9.17) is 5.73 Å². The van der Waals surface area contributed by atoms with Gasteiger partial charge in [0.15, 0.2) is 0 Å². The number of hydrogen-bond acceptors (Lipinski definition) is 3. The normalized spacial score (nSPS) is 29.8. The zero-order valence-electron chi connectivity index (χ0n) is 11.4. The molecule has 3 heteroatoms. The van der Waals surface area contributed by atoms with E-state index < -0.39 is 0 Å². The van der Waals surface area contributed by atoms with E-state index in [-0.39, 0.29) is 0 Å². The predicted octanol–water partition coefficient (Wildman–Crippen LogP) is 2.84. The second kappa shape index (κ2) is 4.45. The van der Waals surface area contributed by atoms with Crippen molar-refractivity contribution < 1.29 is 0 Å². The van der Waals surface area contributed by atoms with Crippen molar-refractivity contribution in [1.29, 1.82) is 0 Å². The first kappa shape index (κ1) is 11.8. The highest BCUT2D eigenvalue weighted by molar-refractivity contribution is 5.54. The van der Waals surface area contributed by atoms with Crippen molar-refractivity contribution in [2.45, 2.75) is 32.6 Å². The molecule has 3 unspecified atom stereocenters. The molecule has 2 N–H and O–H groups in total. The molecule has 98 valence electrons. The van der Waals surface area contributed by atoms with Crippen molar-refractivity contribution in [3.8, 4) is 0 Å². The van der Waals surface area contributed by atoms with E-state index in [1.807, 2.05) is 19.2 Å². The van der Waals surface area contributed by atoms with E-state index in [0.717, 1.165) is 41.4 Å². The number of aryl methyl sites for hydroxylation is 1. The van der Waals surface area contributed by atoms with Crippen LogP contribution >= 0.6 is 0 Å². The summed E-state index contributed by atoms with van der Waals surface area (Å²) in [5, 5.41) is 0. The number of rotatable bonds is 3. The van der Waals surface area contributed by atoms with Crippen LogP contribution in [0.15, 0.2) is 12.3 Å². The molecule has 0 spiro atoms. The van der Waals surface area contributed by atoms with Crippen LogP contribution in [0, 0.1) is 24.7 Å². The predicted molar refractivity (Wildman–Crippen MR) is 75.6 cm³/mol. The van der Waals surface area contributed by atoms with Gasteiger partial charge in [-0.25, -0.2) is 4.98 Å². The molecule has 2 saturated carbocycles. The molecule has 18 heavy (non-hydrogen) atoms. The van der Waals surface area contributed by atoms with Crippen LogP contribution in [0.5, 0.6) is 0 Å². The Morgan fingerprint density at radius 2 is 2.22 bits per heavy atom. The average molecular weight is 245 g/mol. The fraction of sp³-hybridized carbons (Fsp3) is 0.667. The van der Waals surface area contributed by atoms with Crippen LogP contribution < -0.4 is 10.6 Å². The topological polar surface area (TPSA) is 42.2 Å². The van der Waals surface area contributed by atoms with Crippen LogP contribution in [0.2, 0.25) is 0 Å². The van der Waals surface area contributed by atoms with Gasteiger partial charge in [0.25, 0.3) is 0 Å². The third-order valence-corrected chi connectivity index (χ3v) is 4.91. The summed E-state index contributed by atoms with van der Waals surface area (Å²) in [5.74, 6) is 3.88. The summed E-state index contributed by atoms with van der Waals surface area (Å²) in [6.45, 7) is 3.14. The monoisotopic (exact) mass is 245 g/mol. The number of fused-ring (bicyclic) bond motifs is 2. The summed E-state index contributed by atoms with van der Waals surface area (Å²) in [5.41, 5.74) is 7.87. The Kier molecular flexibility index (Phi) is 2.92. The third kappa shape index (κ3) is 2.06. The molecule has 1 aromatic rings. The van der Waals surface area contributed by atoms with Gasteiger partial charge in [0.2, 0.25) is 0 Å². The van der Waals surface area contributed by atoms with Gasteiger partial charge in [0.05, 0.1) is 0 Å². The Balaban J connectivity index is 1.67. The highest BCUT2D eigenvalue weighted by Gasteiger charge is 2.39. The zero-order valence-corrected chi connectivity index (χ0v) is 11.4. The zero-order chi connectivity index (χ0) is 12.7. The number of pyridine rings is 1. The molecule has 0 saturated heterocycles. The molecule has 3 nitrogen and oxygen atoms in total. The molecule has 0 aliphatic heterocycles. The maximum atomic E-state index is 5.96. The number of anilines is 2. The van der Waals surface area contributed by atoms with Crippen molar-refractivity contribution in [3.63, 3.8) is 0 Å². The largest absolute Gasteiger partial charge is 0.398 e. The molecule has 1 aromatic heterocycles. The van der Waals surface area contributed by atoms with Crippen LogP contribution in [0.4, 0.5) is 11.5 Å². The molecule has 0 radical (unpaired) electrons. The van der Waals surface area contributed by atoms with Crippen molar-refractivity contribution in [3.05, 3.63) is 17.8 Å². The minimum Gasteiger partial charge on any atom is -0.398 e. The lowest BCUT2D eigenvalue weighted by Gasteiger charge is -2.28. The Hall–Kier alpha value is -1.25. The molecule has 2 aliphatic rings. The first-order valence-corrected chi connectivity index (χ1v) is 7.06. The van der Waals surface area contributed by atoms with Gasteiger partial charge in [-0.3, -0.25) is 0 Å². The SMILES string of the molecule is Cc1cnc(N(C)CC2CC3CCC2C3)cc1N. The van der Waals surface area contributed by atoms with Crippen LogP contribution in [-0.4, -0.2) is 18.6 Å². The summed E-state index contributed by atoms with van der Waals surface area (Å²) in [7, 11) is 2.14. The van der Waals surface area contributed by atoms with Gasteiger partial charge in [-0.1, -0.05) is 6.42 Å². The minimum absolute atomic E-state index is 0.847. The molecule has 3 rings (SSSR count). The molecular formula is C15H23N3. The molecule has 2 aliphatic carbocycles. The van der Waals surface area contributed by atoms with Gasteiger partial charge >= 0.3 is 0 Å². The van der Waals surface area contributed by atoms with E-state index in [0.29, 0.717) is 0 Å². The van der Waals surface area contributed by atoms with E-state index >= 15 is 0 Å². The summed E-state index contributed by atoms with van der Waals surface area (Å²) in [6, 6.07) is 2.00. The van der Waals surface area contributed by atoms with E-state index in [9.17, 15) is 0 Å². The first-order chi connectivity index (χ1) is 8.63. The molecule has 2 fully saturated rings. The summed E-state index contributed by atoms with van der Waals surface area (Å²) < 4.78 is 0. The van der Waals surface area contributed by atoms with Crippen LogP contribution in [0.1, 0.15) is 31.2 Å². The van der Waals surface area contributed by atoms with Crippen LogP contribution in [0.3, 0.4) is 0 Å². The first-order valence-electron chi connectivity index (χ1n) is 7.06. The molecular weight excluding hydrogens is 222 g/mol. The number of nitrogens with zero attached hydrogens (tertiary/aromatic N) is 2. The lowest BCUT2D eigenvalue weighted by atomic mass is 9.88. The Labute approximate surface area is 109 Å². The van der Waals surface area contributed by atoms with Crippen molar-refractivity contribution >= 4 is 11.5 Å². The molecule has 3 atom stereocenters. The Bertz CT molecular complexity index is 443. The summed E-state index contributed by atoms with van der Waals surface area (Å²) in [4.78, 5) is 6.77. The van der Waals surface area contributed by atoms with Gasteiger partial charge in [-0.05, 0) is 49.5 Å². The third-order valence-electron chi connectivity index (χ3n) is 4.91. The Morgan fingerprint density at radius 1 is 1.39 bits per heavy atom. The second-order valence-electron chi connectivity index (χ2n) is 6.21. The van der Waals surface area contributed by atoms with Crippen LogP contribution in [0.25, 0.3) is 0 Å². The van der Waals surface area contributed by atoms with Gasteiger partial charge in [-0.15, -0.1) is 0 Å². The smallest absolute Gasteiger partial charge is 0.130 e. The molecule has 2 bridgehead atoms. The average Bonchev–Trinajstić information content (AvgIpc) is 2.94. The molecule has 1 heterocycles. The highest BCUT2D eigenvalue weighted by atomic mass is 15.2. The summed E-state index contributed by atoms with van der Waals surface area (Å²) >= 11 is 0. The molecule has 0 amide bonds. The summed E-state index contributed by atoms with van der Waals surface area (Å²) in [6.07, 6.45) is 7.70. The highest BCUT2D eigenvalue weighted by Crippen LogP contribution is 2.48. The van der Waals surface area contributed by atoms with Crippen molar-refractivity contribution in [1.82, 2.24) is 4.98 Å². The van der Waals surface area contributed by atoms with Gasteiger partial charge in [0.1, 0.15) is 5.82 Å². The van der Waals surface area contributed by atoms with E-state index in [2.05, 4.69) is 16.9 Å². The fourth-order valence-corrected chi connectivity index (χ4v) is 3.78. The van der Waals surface area contributed by atoms with Gasteiger partial charge < -0.3 is 10.6 Å². The number of hydrogen-bond donors (Lipinski definition) is 1. The maximum absolute atomic E-state index is 5.96. The van der Waals surface area contributed by atoms with E-state index in [1.54, 1.807) is 0 Å². The quantitative estimate of drug-likeness (QED) is 0.890. The van der Waals surface area contributed by atoms with Crippen molar-refractivity contribution in [2.75, 3.05) is 24.2 Å². The lowest BCUT2D eigenvalue weighted by molar-refractivity contribution is 0.337. The lowest BCUT2D eigenvalue weighted by Crippen LogP contribution is -2.29. The van der Waals surface area contributed by atoms with Gasteiger partial charge in [-0.2, -0.15) is 0 Å². The fourth-order valence-electron chi connectivity index (χ4n) is 3.78. The Morgan fingerprint density at radius 3 is 2.83 bits per heavy atom. The maximum Gasteiger partial charge on any atom is 0.130 e. The van der Waals surface area contributed by atoms with Gasteiger partial charge in [0, 0.05) is 31.5 Å². The second-order valence-corrected chi connectivity index (χ2v) is 6.21. The number of nitrogen functional groups attached to an aromatic ring is 1. The molecule has 0 aromatic carbocycles. The number of nitrogens with two attached hydrogens (primary N) is 1. The minimum atomic E-state index is 0.847. The van der Waals surface area contributed by atoms with Crippen LogP contribution in [-0.2, 0) is 0 Å². The number of aromatic nitrogens is 1. The van der Waals surface area contributed by atoms with E-state index in [1.165, 1.54) is 25.7 Å². The van der Waals surface area contributed by atoms with Crippen molar-refractivity contribution in [2.24, 2.45) is 17.8 Å².